The summed E-state index contributed by atoms with van der Waals surface area (Å²) in [4.78, 5) is 56.5. The van der Waals surface area contributed by atoms with Crippen molar-refractivity contribution in [1.29, 1.82) is 0 Å². The van der Waals surface area contributed by atoms with Gasteiger partial charge in [0, 0.05) is 16.7 Å². The van der Waals surface area contributed by atoms with Gasteiger partial charge in [-0.2, -0.15) is 0 Å². The summed E-state index contributed by atoms with van der Waals surface area (Å²) >= 11 is 0. The fourth-order valence-electron chi connectivity index (χ4n) is 9.34. The molecule has 5 atom stereocenters. The van der Waals surface area contributed by atoms with Crippen molar-refractivity contribution in [1.82, 2.24) is 4.90 Å². The van der Waals surface area contributed by atoms with E-state index in [9.17, 15) is 29.4 Å². The Morgan fingerprint density at radius 2 is 1.46 bits per heavy atom. The molecule has 1 fully saturated rings. The smallest absolute Gasteiger partial charge is 0.261 e. The molecular formula is C45H38N2O8Si. The Morgan fingerprint density at radius 3 is 2.12 bits per heavy atom. The summed E-state index contributed by atoms with van der Waals surface area (Å²) < 4.78 is 13.7. The van der Waals surface area contributed by atoms with Gasteiger partial charge in [-0.05, 0) is 89.9 Å². The number of phenols is 1. The number of carbonyl (C=O) groups excluding carboxylic acids is 4. The van der Waals surface area contributed by atoms with Crippen LogP contribution in [0.3, 0.4) is 0 Å². The van der Waals surface area contributed by atoms with Gasteiger partial charge >= 0.3 is 0 Å². The summed E-state index contributed by atoms with van der Waals surface area (Å²) in [7, 11) is -2.22. The first-order chi connectivity index (χ1) is 26.9. The fourth-order valence-corrected chi connectivity index (χ4v) is 12.3. The fraction of sp³-hybridized carbons (Fsp3) is 0.289. The lowest BCUT2D eigenvalue weighted by Crippen LogP contribution is -2.57. The molecule has 4 aromatic rings. The van der Waals surface area contributed by atoms with Crippen LogP contribution in [0.4, 0.5) is 5.69 Å². The number of aliphatic hydroxyl groups excluding tert-OH is 1. The first-order valence-electron chi connectivity index (χ1n) is 19.0. The minimum absolute atomic E-state index is 0.0250. The number of ether oxygens (including phenoxy) is 1. The number of nitrogens with one attached hydrogen (secondary N) is 1. The average Bonchev–Trinajstić information content (AvgIpc) is 3.89. The Hall–Kier alpha value is -5.82. The van der Waals surface area contributed by atoms with Crippen molar-refractivity contribution in [3.8, 4) is 29.4 Å². The molecule has 3 heterocycles. The highest BCUT2D eigenvalue weighted by Gasteiger charge is 2.83. The highest BCUT2D eigenvalue weighted by molar-refractivity contribution is 6.73. The number of allylic oxidation sites excluding steroid dienone is 2. The molecule has 4 aromatic carbocycles. The molecule has 280 valence electrons. The van der Waals surface area contributed by atoms with Crippen LogP contribution in [0.5, 0.6) is 5.75 Å². The molecule has 2 aliphatic carbocycles. The number of benzene rings is 4. The maximum atomic E-state index is 14.7. The number of carbonyl (C=O) groups is 4. The van der Waals surface area contributed by atoms with E-state index in [2.05, 4.69) is 49.8 Å². The number of hydrogen-bond donors (Lipinski definition) is 3. The van der Waals surface area contributed by atoms with Crippen LogP contribution in [-0.4, -0.2) is 70.7 Å². The monoisotopic (exact) mass is 762 g/mol. The van der Waals surface area contributed by atoms with Gasteiger partial charge in [0.2, 0.25) is 0 Å². The van der Waals surface area contributed by atoms with Crippen molar-refractivity contribution < 1.29 is 38.6 Å². The highest BCUT2D eigenvalue weighted by atomic mass is 28.4. The van der Waals surface area contributed by atoms with Crippen molar-refractivity contribution in [3.05, 3.63) is 117 Å². The molecule has 0 radical (unpaired) electrons. The number of aliphatic hydroxyl groups is 1. The molecule has 10 nitrogen and oxygen atoms in total. The summed E-state index contributed by atoms with van der Waals surface area (Å²) in [6.45, 7) is 8.34. The average molecular weight is 763 g/mol. The normalized spacial score (nSPS) is 25.0. The first-order valence-corrected chi connectivity index (χ1v) is 21.5. The molecule has 9 rings (SSSR count). The summed E-state index contributed by atoms with van der Waals surface area (Å²) in [5, 5.41) is 28.4. The van der Waals surface area contributed by atoms with Crippen molar-refractivity contribution in [2.45, 2.75) is 81.8 Å². The van der Waals surface area contributed by atoms with Crippen molar-refractivity contribution in [2.75, 3.05) is 5.32 Å². The van der Waals surface area contributed by atoms with Crippen LogP contribution in [-0.2, 0) is 21.3 Å². The third-order valence-electron chi connectivity index (χ3n) is 12.5. The zero-order valence-electron chi connectivity index (χ0n) is 31.3. The van der Waals surface area contributed by atoms with E-state index in [1.54, 1.807) is 66.7 Å². The third-order valence-corrected chi connectivity index (χ3v) is 17.3. The van der Waals surface area contributed by atoms with Gasteiger partial charge in [-0.25, -0.2) is 0 Å². The Morgan fingerprint density at radius 1 is 0.839 bits per heavy atom. The molecule has 1 saturated heterocycles. The van der Waals surface area contributed by atoms with Crippen molar-refractivity contribution in [2.24, 2.45) is 0 Å². The molecule has 0 saturated carbocycles. The number of imide groups is 1. The highest BCUT2D eigenvalue weighted by Crippen LogP contribution is 2.68. The van der Waals surface area contributed by atoms with E-state index in [4.69, 9.17) is 9.16 Å². The molecule has 3 N–H and O–H groups in total. The second kappa shape index (κ2) is 12.6. The molecule has 0 spiro atoms. The van der Waals surface area contributed by atoms with Crippen LogP contribution in [0.1, 0.15) is 91.4 Å². The zero-order chi connectivity index (χ0) is 39.3. The third kappa shape index (κ3) is 4.75. The maximum absolute atomic E-state index is 14.7. The second-order valence-electron chi connectivity index (χ2n) is 15.1. The topological polar surface area (TPSA) is 146 Å². The molecule has 2 bridgehead atoms. The maximum Gasteiger partial charge on any atom is 0.261 e. The van der Waals surface area contributed by atoms with Gasteiger partial charge in [0.05, 0.1) is 40.6 Å². The van der Waals surface area contributed by atoms with E-state index in [0.29, 0.717) is 33.0 Å². The molecule has 3 aliphatic heterocycles. The van der Waals surface area contributed by atoms with Gasteiger partial charge in [0.1, 0.15) is 11.8 Å². The quantitative estimate of drug-likeness (QED) is 0.0552. The van der Waals surface area contributed by atoms with E-state index in [1.807, 2.05) is 6.92 Å². The predicted molar refractivity (Wildman–Crippen MR) is 211 cm³/mol. The first kappa shape index (κ1) is 35.9. The van der Waals surface area contributed by atoms with E-state index >= 15 is 0 Å². The Labute approximate surface area is 324 Å². The zero-order valence-corrected chi connectivity index (χ0v) is 32.3. The molecular weight excluding hydrogens is 725 g/mol. The lowest BCUT2D eigenvalue weighted by atomic mass is 9.69. The number of fused-ring (bicyclic) bond motifs is 6. The standard InChI is InChI=1S/C45H38N2O8Si/c1-5-56(6-2,7-3)54-25(4)44-35-16-10-8-9-11-17-36(49)45(44,55-44)33-23-34(48)37-38(39(33)46-35)41(51)31-21-27-19-18-26(20-28(27)22-32(31)40(37)50)24-47-42(52)29-14-12-13-15-30(29)43(47)53/h8-9,12-15,18-23,25,35-36,46,48-49H,5-7,24H2,1-4H3/b9-8-/t25-,35+,36-,44+,45+/m1/s1. The molecule has 0 aromatic heterocycles. The Bertz CT molecular complexity index is 2600. The van der Waals surface area contributed by atoms with Gasteiger partial charge in [0.25, 0.3) is 11.8 Å². The van der Waals surface area contributed by atoms with E-state index in [1.165, 1.54) is 11.0 Å². The summed E-state index contributed by atoms with van der Waals surface area (Å²) in [6, 6.07) is 18.5. The number of aromatic hydroxyl groups is 1. The summed E-state index contributed by atoms with van der Waals surface area (Å²) in [6.07, 6.45) is 1.16. The van der Waals surface area contributed by atoms with Crippen LogP contribution in [0.2, 0.25) is 18.1 Å². The van der Waals surface area contributed by atoms with Gasteiger partial charge in [-0.15, -0.1) is 0 Å². The number of hydrogen-bond acceptors (Lipinski definition) is 9. The van der Waals surface area contributed by atoms with Crippen LogP contribution in [0.15, 0.2) is 72.8 Å². The van der Waals surface area contributed by atoms with E-state index in [-0.39, 0.29) is 46.3 Å². The van der Waals surface area contributed by atoms with Crippen molar-refractivity contribution in [3.63, 3.8) is 0 Å². The van der Waals surface area contributed by atoms with Crippen LogP contribution in [0, 0.1) is 23.7 Å². The minimum Gasteiger partial charge on any atom is -0.507 e. The SMILES string of the molecule is CC[Si](CC)(CC)O[C@H](C)[C@@]12O[C@]13c1cc(O)c4c(c1N[C@H]2C#C/C=C\C#C[C@H]3O)C(=O)c1cc2ccc(CN3C(=O)c5ccccc5C3=O)cc2cc1C4=O. The van der Waals surface area contributed by atoms with Crippen molar-refractivity contribution >= 4 is 48.2 Å². The van der Waals surface area contributed by atoms with Gasteiger partial charge in [0.15, 0.2) is 37.2 Å². The van der Waals surface area contributed by atoms with Gasteiger partial charge in [-0.1, -0.05) is 68.7 Å². The van der Waals surface area contributed by atoms with Crippen LogP contribution >= 0.6 is 0 Å². The number of amides is 2. The number of rotatable bonds is 8. The van der Waals surface area contributed by atoms with E-state index in [0.717, 1.165) is 18.1 Å². The van der Waals surface area contributed by atoms with Crippen LogP contribution in [0.25, 0.3) is 10.8 Å². The number of phenolic OH excluding ortho intramolecular Hbond substituents is 1. The minimum atomic E-state index is -2.22. The largest absolute Gasteiger partial charge is 0.507 e. The lowest BCUT2D eigenvalue weighted by molar-refractivity contribution is 0.0641. The molecule has 11 heteroatoms. The summed E-state index contributed by atoms with van der Waals surface area (Å²) in [5.74, 6) is 9.78. The Kier molecular flexibility index (Phi) is 8.07. The molecule has 56 heavy (non-hydrogen) atoms. The molecule has 0 unspecified atom stereocenters. The number of epoxide rings is 1. The van der Waals surface area contributed by atoms with Crippen LogP contribution < -0.4 is 5.32 Å². The second-order valence-corrected chi connectivity index (χ2v) is 19.8. The number of ketones is 2. The predicted octanol–water partition coefficient (Wildman–Crippen LogP) is 6.22. The summed E-state index contributed by atoms with van der Waals surface area (Å²) in [5.41, 5.74) is -0.827. The van der Waals surface area contributed by atoms with Gasteiger partial charge in [-0.3, -0.25) is 24.1 Å². The van der Waals surface area contributed by atoms with E-state index < -0.39 is 55.1 Å². The number of anilines is 1. The lowest BCUT2D eigenvalue weighted by Gasteiger charge is -2.41. The Balaban J connectivity index is 1.14. The molecule has 5 aliphatic rings. The molecule has 2 amide bonds. The van der Waals surface area contributed by atoms with Gasteiger partial charge < -0.3 is 24.7 Å². The number of nitrogens with zero attached hydrogens (tertiary/aromatic N) is 1.